The van der Waals surface area contributed by atoms with E-state index in [9.17, 15) is 5.11 Å². The zero-order chi connectivity index (χ0) is 14.9. The molecule has 0 amide bonds. The summed E-state index contributed by atoms with van der Waals surface area (Å²) in [4.78, 5) is 2.30. The van der Waals surface area contributed by atoms with Crippen molar-refractivity contribution in [3.63, 3.8) is 0 Å². The highest BCUT2D eigenvalue weighted by Gasteiger charge is 2.19. The van der Waals surface area contributed by atoms with Crippen LogP contribution in [-0.4, -0.2) is 38.8 Å². The van der Waals surface area contributed by atoms with Gasteiger partial charge in [0.05, 0.1) is 23.5 Å². The average molecular weight is 293 g/mol. The van der Waals surface area contributed by atoms with E-state index in [1.54, 1.807) is 0 Å². The number of pyridine rings is 1. The first-order valence-corrected chi connectivity index (χ1v) is 7.72. The molecule has 3 aromatic rings. The van der Waals surface area contributed by atoms with Gasteiger partial charge in [-0.25, -0.2) is 4.52 Å². The summed E-state index contributed by atoms with van der Waals surface area (Å²) in [5, 5.41) is 14.0. The van der Waals surface area contributed by atoms with Crippen LogP contribution in [0.5, 0.6) is 0 Å². The zero-order valence-electron chi connectivity index (χ0n) is 12.4. The van der Waals surface area contributed by atoms with Crippen LogP contribution in [0.25, 0.3) is 16.8 Å². The van der Waals surface area contributed by atoms with Gasteiger partial charge in [-0.05, 0) is 30.2 Å². The Morgan fingerprint density at radius 3 is 2.73 bits per heavy atom. The Balaban J connectivity index is 1.58. The normalized spacial score (nSPS) is 19.0. The predicted octanol–water partition coefficient (Wildman–Crippen LogP) is 2.57. The molecule has 1 N–H and O–H groups in total. The maximum Gasteiger partial charge on any atom is 0.0724 e. The minimum absolute atomic E-state index is 0.156. The maximum atomic E-state index is 9.60. The number of nitrogens with zero attached hydrogens (tertiary/aromatic N) is 3. The van der Waals surface area contributed by atoms with E-state index in [4.69, 9.17) is 0 Å². The molecular weight excluding hydrogens is 274 g/mol. The van der Waals surface area contributed by atoms with E-state index in [0.29, 0.717) is 0 Å². The van der Waals surface area contributed by atoms with Gasteiger partial charge in [0.2, 0.25) is 0 Å². The summed E-state index contributed by atoms with van der Waals surface area (Å²) in [6, 6.07) is 16.9. The maximum absolute atomic E-state index is 9.60. The zero-order valence-corrected chi connectivity index (χ0v) is 12.4. The van der Waals surface area contributed by atoms with Crippen LogP contribution in [0.15, 0.2) is 54.7 Å². The van der Waals surface area contributed by atoms with Crippen LogP contribution in [0.2, 0.25) is 0 Å². The molecule has 1 atom stereocenters. The number of aliphatic hydroxyl groups is 1. The van der Waals surface area contributed by atoms with Gasteiger partial charge in [0.1, 0.15) is 0 Å². The lowest BCUT2D eigenvalue weighted by Gasteiger charge is -2.15. The summed E-state index contributed by atoms with van der Waals surface area (Å²) in [5.74, 6) is 0. The molecule has 4 rings (SSSR count). The highest BCUT2D eigenvalue weighted by Crippen LogP contribution is 2.22. The monoisotopic (exact) mass is 293 g/mol. The van der Waals surface area contributed by atoms with Crippen LogP contribution in [0.1, 0.15) is 12.0 Å². The number of rotatable bonds is 3. The Kier molecular flexibility index (Phi) is 3.41. The number of aliphatic hydroxyl groups excluding tert-OH is 1. The van der Waals surface area contributed by atoms with Crippen molar-refractivity contribution in [1.29, 1.82) is 0 Å². The third-order valence-corrected chi connectivity index (χ3v) is 4.32. The minimum Gasteiger partial charge on any atom is -0.392 e. The summed E-state index contributed by atoms with van der Waals surface area (Å²) >= 11 is 0. The van der Waals surface area contributed by atoms with E-state index < -0.39 is 0 Å². The molecule has 22 heavy (non-hydrogen) atoms. The molecule has 0 spiro atoms. The van der Waals surface area contributed by atoms with E-state index in [1.165, 1.54) is 11.1 Å². The van der Waals surface area contributed by atoms with Crippen molar-refractivity contribution in [3.8, 4) is 11.3 Å². The van der Waals surface area contributed by atoms with Crippen molar-refractivity contribution in [1.82, 2.24) is 14.5 Å². The van der Waals surface area contributed by atoms with Gasteiger partial charge in [-0.3, -0.25) is 4.90 Å². The molecule has 1 saturated heterocycles. The second-order valence-corrected chi connectivity index (χ2v) is 5.95. The summed E-state index contributed by atoms with van der Waals surface area (Å²) in [6.45, 7) is 2.67. The Hall–Kier alpha value is -2.17. The highest BCUT2D eigenvalue weighted by molar-refractivity contribution is 5.64. The molecule has 3 heterocycles. The van der Waals surface area contributed by atoms with E-state index in [2.05, 4.69) is 52.5 Å². The lowest BCUT2D eigenvalue weighted by Crippen LogP contribution is -2.21. The Morgan fingerprint density at radius 2 is 1.95 bits per heavy atom. The standard InChI is InChI=1S/C18H19N3O/c22-17-9-11-20(13-17)12-14-4-6-15(7-5-14)18-3-1-2-16-8-10-19-21(16)18/h1-8,10,17,22H,9,11-13H2/t17-/m1/s1. The lowest BCUT2D eigenvalue weighted by molar-refractivity contribution is 0.175. The second-order valence-electron chi connectivity index (χ2n) is 5.95. The summed E-state index contributed by atoms with van der Waals surface area (Å²) < 4.78 is 1.96. The van der Waals surface area contributed by atoms with Crippen LogP contribution in [-0.2, 0) is 6.54 Å². The number of aromatic nitrogens is 2. The van der Waals surface area contributed by atoms with E-state index in [0.717, 1.165) is 37.3 Å². The van der Waals surface area contributed by atoms with Crippen molar-refractivity contribution in [2.45, 2.75) is 19.1 Å². The van der Waals surface area contributed by atoms with E-state index in [-0.39, 0.29) is 6.10 Å². The van der Waals surface area contributed by atoms with Gasteiger partial charge in [0.15, 0.2) is 0 Å². The summed E-state index contributed by atoms with van der Waals surface area (Å²) in [7, 11) is 0. The van der Waals surface area contributed by atoms with Gasteiger partial charge in [-0.1, -0.05) is 30.3 Å². The van der Waals surface area contributed by atoms with Gasteiger partial charge in [-0.2, -0.15) is 5.10 Å². The first-order valence-electron chi connectivity index (χ1n) is 7.72. The first kappa shape index (κ1) is 13.5. The number of likely N-dealkylation sites (tertiary alicyclic amines) is 1. The largest absolute Gasteiger partial charge is 0.392 e. The number of benzene rings is 1. The molecule has 4 heteroatoms. The van der Waals surface area contributed by atoms with Gasteiger partial charge >= 0.3 is 0 Å². The van der Waals surface area contributed by atoms with Crippen molar-refractivity contribution in [2.75, 3.05) is 13.1 Å². The smallest absolute Gasteiger partial charge is 0.0724 e. The summed E-state index contributed by atoms with van der Waals surface area (Å²) in [5.41, 5.74) is 4.66. The van der Waals surface area contributed by atoms with Crippen LogP contribution in [0.4, 0.5) is 0 Å². The van der Waals surface area contributed by atoms with Crippen molar-refractivity contribution in [3.05, 3.63) is 60.3 Å². The van der Waals surface area contributed by atoms with Crippen LogP contribution in [0.3, 0.4) is 0 Å². The van der Waals surface area contributed by atoms with Gasteiger partial charge in [0, 0.05) is 25.2 Å². The predicted molar refractivity (Wildman–Crippen MR) is 86.5 cm³/mol. The first-order chi connectivity index (χ1) is 10.8. The fraction of sp³-hybridized carbons (Fsp3) is 0.278. The number of fused-ring (bicyclic) bond motifs is 1. The number of hydrogen-bond acceptors (Lipinski definition) is 3. The molecule has 1 aromatic carbocycles. The third-order valence-electron chi connectivity index (χ3n) is 4.32. The highest BCUT2D eigenvalue weighted by atomic mass is 16.3. The third kappa shape index (κ3) is 2.51. The topological polar surface area (TPSA) is 40.8 Å². The van der Waals surface area contributed by atoms with Crippen LogP contribution in [0, 0.1) is 0 Å². The van der Waals surface area contributed by atoms with Crippen molar-refractivity contribution >= 4 is 5.52 Å². The Morgan fingerprint density at radius 1 is 1.09 bits per heavy atom. The van der Waals surface area contributed by atoms with Crippen LogP contribution < -0.4 is 0 Å². The SMILES string of the molecule is O[C@@H]1CCN(Cc2ccc(-c3cccc4ccnn34)cc2)C1. The molecule has 0 bridgehead atoms. The van der Waals surface area contributed by atoms with E-state index in [1.807, 2.05) is 16.8 Å². The van der Waals surface area contributed by atoms with Crippen LogP contribution >= 0.6 is 0 Å². The molecule has 0 radical (unpaired) electrons. The molecule has 0 saturated carbocycles. The molecular formula is C18H19N3O. The minimum atomic E-state index is -0.156. The fourth-order valence-corrected chi connectivity index (χ4v) is 3.16. The molecule has 1 aliphatic heterocycles. The number of hydrogen-bond donors (Lipinski definition) is 1. The molecule has 0 aliphatic carbocycles. The molecule has 2 aromatic heterocycles. The second kappa shape index (κ2) is 5.55. The molecule has 112 valence electrons. The number of β-amino-alcohol motifs (C(OH)–C–C–N with tert-alkyl or cyclic N) is 1. The molecule has 1 aliphatic rings. The van der Waals surface area contributed by atoms with Crippen molar-refractivity contribution < 1.29 is 5.11 Å². The quantitative estimate of drug-likeness (QED) is 0.807. The van der Waals surface area contributed by atoms with Crippen molar-refractivity contribution in [2.24, 2.45) is 0 Å². The fourth-order valence-electron chi connectivity index (χ4n) is 3.16. The van der Waals surface area contributed by atoms with Gasteiger partial charge in [-0.15, -0.1) is 0 Å². The average Bonchev–Trinajstić information content (AvgIpc) is 3.16. The Bertz CT molecular complexity index is 778. The van der Waals surface area contributed by atoms with E-state index >= 15 is 0 Å². The van der Waals surface area contributed by atoms with Gasteiger partial charge in [0.25, 0.3) is 0 Å². The van der Waals surface area contributed by atoms with Gasteiger partial charge < -0.3 is 5.11 Å². The molecule has 1 fully saturated rings. The lowest BCUT2D eigenvalue weighted by atomic mass is 10.1. The molecule has 4 nitrogen and oxygen atoms in total. The summed E-state index contributed by atoms with van der Waals surface area (Å²) in [6.07, 6.45) is 2.56. The molecule has 0 unspecified atom stereocenters. The Labute approximate surface area is 129 Å².